The number of hydrogen-bond acceptors (Lipinski definition) is 4. The van der Waals surface area contributed by atoms with E-state index in [4.69, 9.17) is 14.2 Å². The second-order valence-electron chi connectivity index (χ2n) is 8.69. The maximum absolute atomic E-state index is 6.56. The first-order valence-corrected chi connectivity index (χ1v) is 13.1. The van der Waals surface area contributed by atoms with Gasteiger partial charge in [0.25, 0.3) is 0 Å². The number of allylic oxidation sites excluding steroid dienone is 2. The summed E-state index contributed by atoms with van der Waals surface area (Å²) in [7, 11) is 0. The summed E-state index contributed by atoms with van der Waals surface area (Å²) in [6, 6.07) is 10.5. The van der Waals surface area contributed by atoms with Crippen LogP contribution in [0.15, 0.2) is 66.3 Å². The van der Waals surface area contributed by atoms with Crippen LogP contribution in [0.25, 0.3) is 0 Å². The highest BCUT2D eigenvalue weighted by Gasteiger charge is 2.39. The number of benzene rings is 1. The van der Waals surface area contributed by atoms with Crippen LogP contribution in [0.2, 0.25) is 0 Å². The van der Waals surface area contributed by atoms with Gasteiger partial charge in [0, 0.05) is 6.54 Å². The van der Waals surface area contributed by atoms with Crippen LogP contribution in [0, 0.1) is 0 Å². The molecule has 0 saturated carbocycles. The van der Waals surface area contributed by atoms with Gasteiger partial charge < -0.3 is 14.2 Å². The lowest BCUT2D eigenvalue weighted by Crippen LogP contribution is -2.58. The minimum atomic E-state index is -0.0454. The zero-order valence-electron chi connectivity index (χ0n) is 22.6. The Hall–Kier alpha value is -1.72. The van der Waals surface area contributed by atoms with Crippen LogP contribution in [-0.2, 0) is 20.8 Å². The number of nitrogens with zero attached hydrogens (tertiary/aromatic N) is 1. The molecule has 4 nitrogen and oxygen atoms in total. The van der Waals surface area contributed by atoms with Gasteiger partial charge in [-0.25, -0.2) is 0 Å². The second-order valence-corrected chi connectivity index (χ2v) is 8.69. The molecule has 1 aromatic rings. The Kier molecular flexibility index (Phi) is 16.6. The van der Waals surface area contributed by atoms with Gasteiger partial charge in [0.15, 0.2) is 0 Å². The van der Waals surface area contributed by atoms with E-state index < -0.39 is 0 Å². The van der Waals surface area contributed by atoms with E-state index in [0.29, 0.717) is 26.4 Å². The molecule has 4 heteroatoms. The molecule has 34 heavy (non-hydrogen) atoms. The number of hydrogen-bond donors (Lipinski definition) is 0. The highest BCUT2D eigenvalue weighted by atomic mass is 16.5. The van der Waals surface area contributed by atoms with Crippen molar-refractivity contribution in [1.82, 2.24) is 4.90 Å². The largest absolute Gasteiger partial charge is 0.375 e. The minimum Gasteiger partial charge on any atom is -0.375 e. The topological polar surface area (TPSA) is 30.9 Å². The Balaban J connectivity index is 0.00000281. The van der Waals surface area contributed by atoms with Gasteiger partial charge >= 0.3 is 0 Å². The summed E-state index contributed by atoms with van der Waals surface area (Å²) in [6.45, 7) is 20.8. The van der Waals surface area contributed by atoms with Crippen LogP contribution in [0.1, 0.15) is 66.4 Å². The van der Waals surface area contributed by atoms with Crippen LogP contribution in [0.5, 0.6) is 0 Å². The molecule has 0 N–H and O–H groups in total. The van der Waals surface area contributed by atoms with Gasteiger partial charge in [-0.1, -0.05) is 87.9 Å². The van der Waals surface area contributed by atoms with Gasteiger partial charge in [-0.2, -0.15) is 0 Å². The van der Waals surface area contributed by atoms with Crippen LogP contribution < -0.4 is 0 Å². The number of piperidine rings is 1. The number of likely N-dealkylation sites (tertiary alicyclic amines) is 1. The number of unbranched alkanes of at least 4 members (excludes halogenated alkanes) is 1. The van der Waals surface area contributed by atoms with Gasteiger partial charge in [-0.15, -0.1) is 0 Å². The van der Waals surface area contributed by atoms with E-state index in [-0.39, 0.29) is 18.2 Å². The van der Waals surface area contributed by atoms with Crippen molar-refractivity contribution in [2.45, 2.75) is 85.7 Å². The van der Waals surface area contributed by atoms with Crippen molar-refractivity contribution in [3.8, 4) is 0 Å². The van der Waals surface area contributed by atoms with Crippen molar-refractivity contribution in [1.29, 1.82) is 0 Å². The zero-order valence-corrected chi connectivity index (χ0v) is 22.6. The van der Waals surface area contributed by atoms with Crippen molar-refractivity contribution in [2.75, 3.05) is 32.9 Å². The Labute approximate surface area is 209 Å². The fourth-order valence-corrected chi connectivity index (χ4v) is 4.07. The lowest BCUT2D eigenvalue weighted by molar-refractivity contribution is -0.149. The number of ether oxygens (including phenoxy) is 3. The van der Waals surface area contributed by atoms with Crippen molar-refractivity contribution in [3.05, 3.63) is 71.8 Å². The summed E-state index contributed by atoms with van der Waals surface area (Å²) in [5.74, 6) is 0. The summed E-state index contributed by atoms with van der Waals surface area (Å²) < 4.78 is 19.1. The monoisotopic (exact) mass is 471 g/mol. The molecule has 0 aromatic heterocycles. The van der Waals surface area contributed by atoms with E-state index in [1.54, 1.807) is 0 Å². The van der Waals surface area contributed by atoms with Gasteiger partial charge in [-0.3, -0.25) is 4.90 Å². The van der Waals surface area contributed by atoms with E-state index in [0.717, 1.165) is 25.1 Å². The summed E-state index contributed by atoms with van der Waals surface area (Å²) in [6.07, 6.45) is 9.59. The van der Waals surface area contributed by atoms with Crippen molar-refractivity contribution in [3.63, 3.8) is 0 Å². The van der Waals surface area contributed by atoms with Gasteiger partial charge in [0.2, 0.25) is 0 Å². The van der Waals surface area contributed by atoms with E-state index >= 15 is 0 Å². The first-order chi connectivity index (χ1) is 16.6. The van der Waals surface area contributed by atoms with Crippen molar-refractivity contribution in [2.24, 2.45) is 0 Å². The van der Waals surface area contributed by atoms with Crippen molar-refractivity contribution < 1.29 is 14.2 Å². The van der Waals surface area contributed by atoms with Crippen LogP contribution in [-0.4, -0.2) is 56.1 Å². The fraction of sp³-hybridized carbons (Fsp3) is 0.600. The minimum absolute atomic E-state index is 0.0404. The first kappa shape index (κ1) is 30.3. The molecule has 0 radical (unpaired) electrons. The predicted octanol–water partition coefficient (Wildman–Crippen LogP) is 6.97. The smallest absolute Gasteiger partial charge is 0.102 e. The molecule has 1 aromatic carbocycles. The molecule has 1 aliphatic rings. The lowest BCUT2D eigenvalue weighted by Gasteiger charge is -2.45. The predicted molar refractivity (Wildman–Crippen MR) is 145 cm³/mol. The SMILES string of the molecule is C=C(C)COC1CCN(CCCC)C(COCC(/C=C\C)=C/C)C1OCc1ccccc1.CC. The quantitative estimate of drug-likeness (QED) is 0.216. The number of rotatable bonds is 14. The van der Waals surface area contributed by atoms with Gasteiger partial charge in [0.1, 0.15) is 6.10 Å². The molecule has 1 heterocycles. The van der Waals surface area contributed by atoms with E-state index in [9.17, 15) is 0 Å². The highest BCUT2D eigenvalue weighted by molar-refractivity contribution is 5.17. The van der Waals surface area contributed by atoms with Crippen LogP contribution >= 0.6 is 0 Å². The molecule has 0 bridgehead atoms. The molecular formula is C30H49NO3. The molecule has 1 aliphatic heterocycles. The van der Waals surface area contributed by atoms with E-state index in [1.807, 2.05) is 33.8 Å². The zero-order chi connectivity index (χ0) is 25.2. The molecule has 192 valence electrons. The fourth-order valence-electron chi connectivity index (χ4n) is 4.07. The normalized spacial score (nSPS) is 21.4. The standard InChI is InChI=1S/C28H43NO3.C2H6/c1-6-9-17-29-18-16-27(31-19-23(4)5)28(32-21-25-14-11-10-12-15-25)26(29)22-30-20-24(8-3)13-7-2;1-2/h7-8,10-15,26-28H,4,6,9,16-22H2,1-3,5H3;1-2H3/b13-7-,24-8+;. The Morgan fingerprint density at radius 3 is 2.47 bits per heavy atom. The Morgan fingerprint density at radius 1 is 1.12 bits per heavy atom. The summed E-state index contributed by atoms with van der Waals surface area (Å²) >= 11 is 0. The van der Waals surface area contributed by atoms with Crippen LogP contribution in [0.3, 0.4) is 0 Å². The molecule has 0 amide bonds. The maximum Gasteiger partial charge on any atom is 0.102 e. The van der Waals surface area contributed by atoms with Gasteiger partial charge in [-0.05, 0) is 51.3 Å². The van der Waals surface area contributed by atoms with E-state index in [2.05, 4.69) is 67.8 Å². The van der Waals surface area contributed by atoms with Crippen molar-refractivity contribution >= 4 is 0 Å². The Morgan fingerprint density at radius 2 is 1.85 bits per heavy atom. The molecular weight excluding hydrogens is 422 g/mol. The molecule has 1 saturated heterocycles. The first-order valence-electron chi connectivity index (χ1n) is 13.1. The summed E-state index contributed by atoms with van der Waals surface area (Å²) in [5.41, 5.74) is 3.41. The molecule has 1 fully saturated rings. The lowest BCUT2D eigenvalue weighted by atomic mass is 9.95. The summed E-state index contributed by atoms with van der Waals surface area (Å²) in [5, 5.41) is 0. The average molecular weight is 472 g/mol. The molecule has 3 atom stereocenters. The van der Waals surface area contributed by atoms with E-state index in [1.165, 1.54) is 24.0 Å². The molecule has 3 unspecified atom stereocenters. The second kappa shape index (κ2) is 18.6. The van der Waals surface area contributed by atoms with Gasteiger partial charge in [0.05, 0.1) is 38.6 Å². The third-order valence-electron chi connectivity index (χ3n) is 5.85. The Bertz CT molecular complexity index is 713. The molecule has 2 rings (SSSR count). The molecule has 0 aliphatic carbocycles. The summed E-state index contributed by atoms with van der Waals surface area (Å²) in [4.78, 5) is 2.55. The third kappa shape index (κ3) is 11.1. The average Bonchev–Trinajstić information content (AvgIpc) is 2.87. The van der Waals surface area contributed by atoms with Crippen LogP contribution in [0.4, 0.5) is 0 Å². The molecule has 0 spiro atoms. The third-order valence-corrected chi connectivity index (χ3v) is 5.85. The maximum atomic E-state index is 6.56. The highest BCUT2D eigenvalue weighted by Crippen LogP contribution is 2.26.